The van der Waals surface area contributed by atoms with Crippen molar-refractivity contribution in [2.75, 3.05) is 13.2 Å². The van der Waals surface area contributed by atoms with E-state index in [0.717, 1.165) is 141 Å². The van der Waals surface area contributed by atoms with Crippen LogP contribution in [0.25, 0.3) is 0 Å². The van der Waals surface area contributed by atoms with Gasteiger partial charge in [-0.2, -0.15) is 0 Å². The van der Waals surface area contributed by atoms with Crippen molar-refractivity contribution in [1.82, 2.24) is 0 Å². The first-order valence-corrected chi connectivity index (χ1v) is 25.7. The Balaban J connectivity index is 4.28. The first-order valence-electron chi connectivity index (χ1n) is 25.7. The molecule has 6 heteroatoms. The van der Waals surface area contributed by atoms with Crippen LogP contribution < -0.4 is 0 Å². The standard InChI is InChI=1S/C59H92O6/c1-4-7-10-13-15-17-19-21-23-25-26-27-28-29-30-31-32-34-35-37-39-41-43-46-49-52-58(61)64-55-56(54-63-57(60)51-48-45-12-9-6-3)65-59(62)53-50-47-44-42-40-38-36-33-24-22-20-18-16-14-11-8-5-2/h7-8,10-11,15-18,21-24,26-27,29-30,32,34,36,38,42,44,56H,4-6,9,12-14,19-20,25,28,31,33,35,37,39-41,43,45-55H2,1-3H3/b10-7-,11-8-,17-15-,18-16-,23-21-,24-22-,27-26-,30-29-,34-32-,38-36-,44-42-. The number of allylic oxidation sites excluding steroid dienone is 22. The fourth-order valence-electron chi connectivity index (χ4n) is 6.36. The van der Waals surface area contributed by atoms with Gasteiger partial charge in [0.2, 0.25) is 0 Å². The predicted molar refractivity (Wildman–Crippen MR) is 279 cm³/mol. The molecule has 0 aliphatic heterocycles. The number of carbonyl (C=O) groups excluding carboxylic acids is 3. The molecule has 0 rings (SSSR count). The summed E-state index contributed by atoms with van der Waals surface area (Å²) in [4.78, 5) is 37.6. The van der Waals surface area contributed by atoms with E-state index < -0.39 is 6.10 Å². The van der Waals surface area contributed by atoms with Crippen molar-refractivity contribution in [3.8, 4) is 0 Å². The van der Waals surface area contributed by atoms with Gasteiger partial charge in [0.15, 0.2) is 6.10 Å². The van der Waals surface area contributed by atoms with Crippen LogP contribution in [0.1, 0.15) is 201 Å². The molecule has 0 radical (unpaired) electrons. The van der Waals surface area contributed by atoms with Crippen molar-refractivity contribution in [1.29, 1.82) is 0 Å². The number of hydrogen-bond donors (Lipinski definition) is 0. The van der Waals surface area contributed by atoms with Gasteiger partial charge in [0.1, 0.15) is 13.2 Å². The lowest BCUT2D eigenvalue weighted by molar-refractivity contribution is -0.167. The van der Waals surface area contributed by atoms with Crippen molar-refractivity contribution in [2.24, 2.45) is 0 Å². The monoisotopic (exact) mass is 897 g/mol. The van der Waals surface area contributed by atoms with Gasteiger partial charge in [0.25, 0.3) is 0 Å². The number of rotatable bonds is 44. The van der Waals surface area contributed by atoms with Crippen LogP contribution in [-0.4, -0.2) is 37.2 Å². The summed E-state index contributed by atoms with van der Waals surface area (Å²) in [6.07, 6.45) is 73.4. The summed E-state index contributed by atoms with van der Waals surface area (Å²) >= 11 is 0. The van der Waals surface area contributed by atoms with Gasteiger partial charge >= 0.3 is 17.9 Å². The molecule has 0 heterocycles. The number of esters is 3. The van der Waals surface area contributed by atoms with Crippen LogP contribution in [-0.2, 0) is 28.6 Å². The predicted octanol–water partition coefficient (Wildman–Crippen LogP) is 17.1. The molecule has 0 aliphatic carbocycles. The molecule has 0 saturated heterocycles. The van der Waals surface area contributed by atoms with Gasteiger partial charge in [-0.25, -0.2) is 0 Å². The summed E-state index contributed by atoms with van der Waals surface area (Å²) in [7, 11) is 0. The highest BCUT2D eigenvalue weighted by Crippen LogP contribution is 2.12. The van der Waals surface area contributed by atoms with Crippen LogP contribution in [0.5, 0.6) is 0 Å². The van der Waals surface area contributed by atoms with E-state index in [-0.39, 0.29) is 37.5 Å². The summed E-state index contributed by atoms with van der Waals surface area (Å²) in [5.41, 5.74) is 0. The minimum atomic E-state index is -0.814. The smallest absolute Gasteiger partial charge is 0.306 e. The van der Waals surface area contributed by atoms with E-state index in [4.69, 9.17) is 14.2 Å². The quantitative estimate of drug-likeness (QED) is 0.0262. The number of hydrogen-bond acceptors (Lipinski definition) is 6. The third kappa shape index (κ3) is 50.4. The topological polar surface area (TPSA) is 78.9 Å². The molecule has 0 amide bonds. The van der Waals surface area contributed by atoms with Gasteiger partial charge in [-0.05, 0) is 109 Å². The molecular weight excluding hydrogens is 805 g/mol. The van der Waals surface area contributed by atoms with Gasteiger partial charge in [0.05, 0.1) is 0 Å². The lowest BCUT2D eigenvalue weighted by Gasteiger charge is -2.18. The maximum atomic E-state index is 12.7. The molecule has 0 bridgehead atoms. The van der Waals surface area contributed by atoms with Gasteiger partial charge < -0.3 is 14.2 Å². The Hall–Kier alpha value is -4.45. The van der Waals surface area contributed by atoms with E-state index in [1.54, 1.807) is 0 Å². The second kappa shape index (κ2) is 52.2. The zero-order valence-corrected chi connectivity index (χ0v) is 41.4. The third-order valence-corrected chi connectivity index (χ3v) is 10.2. The molecule has 0 N–H and O–H groups in total. The Labute approximate surface area is 398 Å². The second-order valence-electron chi connectivity index (χ2n) is 16.3. The fourth-order valence-corrected chi connectivity index (χ4v) is 6.36. The van der Waals surface area contributed by atoms with Gasteiger partial charge in [0, 0.05) is 19.3 Å². The molecule has 0 spiro atoms. The van der Waals surface area contributed by atoms with Crippen molar-refractivity contribution >= 4 is 17.9 Å². The Kier molecular flexibility index (Phi) is 48.6. The summed E-state index contributed by atoms with van der Waals surface area (Å²) < 4.78 is 16.6. The highest BCUT2D eigenvalue weighted by Gasteiger charge is 2.19. The Morgan fingerprint density at radius 1 is 0.323 bits per heavy atom. The molecule has 6 nitrogen and oxygen atoms in total. The fraction of sp³-hybridized carbons (Fsp3) is 0.576. The first kappa shape index (κ1) is 60.5. The molecule has 364 valence electrons. The van der Waals surface area contributed by atoms with E-state index in [1.165, 1.54) is 12.8 Å². The minimum absolute atomic E-state index is 0.111. The highest BCUT2D eigenvalue weighted by atomic mass is 16.6. The maximum absolute atomic E-state index is 12.7. The maximum Gasteiger partial charge on any atom is 0.306 e. The van der Waals surface area contributed by atoms with Gasteiger partial charge in [-0.1, -0.05) is 206 Å². The molecule has 0 aromatic rings. The Morgan fingerprint density at radius 3 is 0.985 bits per heavy atom. The minimum Gasteiger partial charge on any atom is -0.462 e. The largest absolute Gasteiger partial charge is 0.462 e. The highest BCUT2D eigenvalue weighted by molar-refractivity contribution is 5.71. The summed E-state index contributed by atoms with van der Waals surface area (Å²) in [5.74, 6) is -1.01. The van der Waals surface area contributed by atoms with Crippen molar-refractivity contribution in [3.63, 3.8) is 0 Å². The second-order valence-corrected chi connectivity index (χ2v) is 16.3. The number of ether oxygens (including phenoxy) is 3. The summed E-state index contributed by atoms with van der Waals surface area (Å²) in [6, 6.07) is 0. The van der Waals surface area contributed by atoms with E-state index in [2.05, 4.69) is 154 Å². The number of unbranched alkanes of at least 4 members (excludes halogenated alkanes) is 11. The molecule has 0 aromatic heterocycles. The van der Waals surface area contributed by atoms with Crippen LogP contribution in [0.2, 0.25) is 0 Å². The lowest BCUT2D eigenvalue weighted by Crippen LogP contribution is -2.30. The molecule has 0 aromatic carbocycles. The molecule has 0 aliphatic rings. The molecule has 65 heavy (non-hydrogen) atoms. The molecule has 1 atom stereocenters. The van der Waals surface area contributed by atoms with Crippen molar-refractivity contribution in [2.45, 2.75) is 207 Å². The van der Waals surface area contributed by atoms with Crippen LogP contribution in [0.3, 0.4) is 0 Å². The van der Waals surface area contributed by atoms with Crippen LogP contribution in [0, 0.1) is 0 Å². The SMILES string of the molecule is CC/C=C\C/C=C\C/C=C\C/C=C\C/C=C\C/C=C\CCCCCCCCC(=O)OCC(COC(=O)CCCCCCC)OC(=O)CCC/C=C\C/C=C\C/C=C\C/C=C\C/C=C\CC. The zero-order valence-electron chi connectivity index (χ0n) is 41.4. The molecule has 1 unspecified atom stereocenters. The van der Waals surface area contributed by atoms with Crippen molar-refractivity contribution < 1.29 is 28.6 Å². The summed E-state index contributed by atoms with van der Waals surface area (Å²) in [6.45, 7) is 6.24. The lowest BCUT2D eigenvalue weighted by atomic mass is 10.1. The van der Waals surface area contributed by atoms with Gasteiger partial charge in [-0.15, -0.1) is 0 Å². The Bertz CT molecular complexity index is 1450. The van der Waals surface area contributed by atoms with Crippen molar-refractivity contribution in [3.05, 3.63) is 134 Å². The Morgan fingerprint density at radius 2 is 0.615 bits per heavy atom. The average Bonchev–Trinajstić information content (AvgIpc) is 3.30. The van der Waals surface area contributed by atoms with E-state index in [9.17, 15) is 14.4 Å². The first-order chi connectivity index (χ1) is 32.0. The molecule has 0 saturated carbocycles. The van der Waals surface area contributed by atoms with E-state index in [0.29, 0.717) is 19.3 Å². The van der Waals surface area contributed by atoms with Crippen LogP contribution >= 0.6 is 0 Å². The molecular formula is C59H92O6. The number of carbonyl (C=O) groups is 3. The molecule has 0 fully saturated rings. The third-order valence-electron chi connectivity index (χ3n) is 10.2. The average molecular weight is 897 g/mol. The van der Waals surface area contributed by atoms with E-state index >= 15 is 0 Å². The zero-order chi connectivity index (χ0) is 47.2. The van der Waals surface area contributed by atoms with Crippen LogP contribution in [0.15, 0.2) is 134 Å². The van der Waals surface area contributed by atoms with Gasteiger partial charge in [-0.3, -0.25) is 14.4 Å². The summed E-state index contributed by atoms with van der Waals surface area (Å²) in [5, 5.41) is 0. The van der Waals surface area contributed by atoms with Crippen LogP contribution in [0.4, 0.5) is 0 Å². The van der Waals surface area contributed by atoms with E-state index in [1.807, 2.05) is 0 Å². The normalized spacial score (nSPS) is 13.2.